The van der Waals surface area contributed by atoms with Gasteiger partial charge >= 0.3 is 0 Å². The lowest BCUT2D eigenvalue weighted by molar-refractivity contribution is -0.136. The number of carbonyl (C=O) groups excluding carboxylic acids is 2. The highest BCUT2D eigenvalue weighted by Crippen LogP contribution is 2.33. The first-order valence-corrected chi connectivity index (χ1v) is 11.8. The van der Waals surface area contributed by atoms with Crippen LogP contribution in [0.1, 0.15) is 52.9 Å². The van der Waals surface area contributed by atoms with Crippen LogP contribution in [0.2, 0.25) is 0 Å². The van der Waals surface area contributed by atoms with Crippen LogP contribution >= 0.6 is 0 Å². The van der Waals surface area contributed by atoms with Gasteiger partial charge in [-0.25, -0.2) is 0 Å². The van der Waals surface area contributed by atoms with Crippen molar-refractivity contribution in [1.82, 2.24) is 9.80 Å². The molecule has 1 saturated carbocycles. The minimum absolute atomic E-state index is 0.0154. The van der Waals surface area contributed by atoms with Gasteiger partial charge in [0.05, 0.1) is 20.3 Å². The Hall–Kier alpha value is -2.28. The molecule has 1 aliphatic carbocycles. The van der Waals surface area contributed by atoms with Crippen molar-refractivity contribution in [3.05, 3.63) is 18.2 Å². The van der Waals surface area contributed by atoms with Gasteiger partial charge in [0.1, 0.15) is 11.5 Å². The van der Waals surface area contributed by atoms with Crippen LogP contribution in [0.25, 0.3) is 0 Å². The number of amides is 2. The van der Waals surface area contributed by atoms with Gasteiger partial charge in [-0.05, 0) is 24.2 Å². The Morgan fingerprint density at radius 3 is 2.06 bits per heavy atom. The van der Waals surface area contributed by atoms with Crippen LogP contribution in [0, 0.1) is 11.3 Å². The molecule has 7 nitrogen and oxygen atoms in total. The molecule has 0 aromatic heterocycles. The Morgan fingerprint density at radius 2 is 1.56 bits per heavy atom. The average molecular weight is 446 g/mol. The van der Waals surface area contributed by atoms with Crippen LogP contribution in [0.15, 0.2) is 18.2 Å². The largest absolute Gasteiger partial charge is 0.497 e. The normalized spacial score (nSPS) is 19.0. The zero-order valence-corrected chi connectivity index (χ0v) is 20.3. The highest BCUT2D eigenvalue weighted by molar-refractivity contribution is 5.95. The highest BCUT2D eigenvalue weighted by Gasteiger charge is 2.37. The first kappa shape index (κ1) is 24.4. The van der Waals surface area contributed by atoms with E-state index in [9.17, 15) is 9.59 Å². The van der Waals surface area contributed by atoms with E-state index in [1.165, 1.54) is 12.8 Å². The number of hydrogen-bond donors (Lipinski definition) is 1. The van der Waals surface area contributed by atoms with Gasteiger partial charge in [0.25, 0.3) is 0 Å². The summed E-state index contributed by atoms with van der Waals surface area (Å²) in [5, 5.41) is 3.11. The first-order chi connectivity index (χ1) is 15.2. The van der Waals surface area contributed by atoms with Crippen LogP contribution in [0.4, 0.5) is 5.69 Å². The fourth-order valence-corrected chi connectivity index (χ4v) is 4.86. The molecule has 1 aliphatic heterocycles. The predicted octanol–water partition coefficient (Wildman–Crippen LogP) is 3.78. The number of nitrogens with zero attached hydrogens (tertiary/aromatic N) is 2. The quantitative estimate of drug-likeness (QED) is 0.692. The summed E-state index contributed by atoms with van der Waals surface area (Å²) in [6.45, 7) is 9.09. The Kier molecular flexibility index (Phi) is 8.04. The Morgan fingerprint density at radius 1 is 1.00 bits per heavy atom. The van der Waals surface area contributed by atoms with Crippen molar-refractivity contribution in [2.45, 2.75) is 58.9 Å². The number of methoxy groups -OCH3 is 2. The van der Waals surface area contributed by atoms with E-state index < -0.39 is 0 Å². The van der Waals surface area contributed by atoms with Gasteiger partial charge in [-0.15, -0.1) is 0 Å². The molecule has 178 valence electrons. The summed E-state index contributed by atoms with van der Waals surface area (Å²) in [4.78, 5) is 30.4. The van der Waals surface area contributed by atoms with E-state index in [0.29, 0.717) is 42.6 Å². The third-order valence-corrected chi connectivity index (χ3v) is 6.48. The van der Waals surface area contributed by atoms with E-state index in [1.54, 1.807) is 20.3 Å². The van der Waals surface area contributed by atoms with Gasteiger partial charge in [-0.3, -0.25) is 14.5 Å². The first-order valence-electron chi connectivity index (χ1n) is 11.8. The van der Waals surface area contributed by atoms with Gasteiger partial charge in [0, 0.05) is 56.5 Å². The van der Waals surface area contributed by atoms with Gasteiger partial charge in [-0.1, -0.05) is 33.6 Å². The van der Waals surface area contributed by atoms with Crippen molar-refractivity contribution < 1.29 is 19.1 Å². The molecule has 0 radical (unpaired) electrons. The molecule has 1 aromatic rings. The average Bonchev–Trinajstić information content (AvgIpc) is 3.27. The molecule has 2 amide bonds. The highest BCUT2D eigenvalue weighted by atomic mass is 16.5. The van der Waals surface area contributed by atoms with E-state index in [2.05, 4.69) is 31.0 Å². The molecule has 3 rings (SSSR count). The van der Waals surface area contributed by atoms with Crippen LogP contribution in [-0.4, -0.2) is 68.1 Å². The van der Waals surface area contributed by atoms with E-state index >= 15 is 0 Å². The maximum absolute atomic E-state index is 13.5. The third kappa shape index (κ3) is 6.37. The van der Waals surface area contributed by atoms with Crippen molar-refractivity contribution in [1.29, 1.82) is 0 Å². The van der Waals surface area contributed by atoms with Crippen molar-refractivity contribution in [2.75, 3.05) is 45.7 Å². The number of hydrogen-bond acceptors (Lipinski definition) is 5. The lowest BCUT2D eigenvalue weighted by Crippen LogP contribution is -2.57. The van der Waals surface area contributed by atoms with Crippen molar-refractivity contribution in [2.24, 2.45) is 11.3 Å². The van der Waals surface area contributed by atoms with Crippen molar-refractivity contribution in [3.8, 4) is 11.5 Å². The summed E-state index contributed by atoms with van der Waals surface area (Å²) in [5.74, 6) is 1.86. The van der Waals surface area contributed by atoms with Gasteiger partial charge < -0.3 is 19.7 Å². The predicted molar refractivity (Wildman–Crippen MR) is 126 cm³/mol. The number of benzene rings is 1. The van der Waals surface area contributed by atoms with E-state index in [4.69, 9.17) is 9.47 Å². The molecule has 7 heteroatoms. The molecular formula is C25H39N3O4. The Labute approximate surface area is 192 Å². The van der Waals surface area contributed by atoms with Crippen molar-refractivity contribution in [3.63, 3.8) is 0 Å². The summed E-state index contributed by atoms with van der Waals surface area (Å²) in [6, 6.07) is 5.23. The molecule has 2 aliphatic rings. The number of carbonyl (C=O) groups is 2. The fraction of sp³-hybridized carbons (Fsp3) is 0.680. The maximum Gasteiger partial charge on any atom is 0.242 e. The molecule has 1 N–H and O–H groups in total. The smallest absolute Gasteiger partial charge is 0.242 e. The number of piperazine rings is 1. The SMILES string of the molecule is COc1cc(NC(=O)[C@@H](C2CCCC2)N2CCN(C(=O)CC(C)(C)C)CC2)cc(OC)c1. The monoisotopic (exact) mass is 445 g/mol. The number of nitrogens with one attached hydrogen (secondary N) is 1. The van der Waals surface area contributed by atoms with E-state index in [1.807, 2.05) is 17.0 Å². The second-order valence-corrected chi connectivity index (χ2v) is 10.2. The molecule has 1 aromatic carbocycles. The third-order valence-electron chi connectivity index (χ3n) is 6.48. The van der Waals surface area contributed by atoms with Gasteiger partial charge in [0.2, 0.25) is 11.8 Å². The standard InChI is InChI=1S/C25H39N3O4/c1-25(2,3)17-22(29)27-10-12-28(13-11-27)23(18-8-6-7-9-18)24(30)26-19-14-20(31-4)16-21(15-19)32-5/h14-16,18,23H,6-13,17H2,1-5H3,(H,26,30)/t23-/m1/s1. The van der Waals surface area contributed by atoms with E-state index in [0.717, 1.165) is 25.9 Å². The topological polar surface area (TPSA) is 71.1 Å². The number of anilines is 1. The number of ether oxygens (including phenoxy) is 2. The van der Waals surface area contributed by atoms with Crippen LogP contribution in [-0.2, 0) is 9.59 Å². The molecule has 1 heterocycles. The molecule has 0 bridgehead atoms. The molecule has 1 atom stereocenters. The summed E-state index contributed by atoms with van der Waals surface area (Å²) in [6.07, 6.45) is 5.04. The Balaban J connectivity index is 1.70. The maximum atomic E-state index is 13.5. The minimum atomic E-state index is -0.186. The van der Waals surface area contributed by atoms with Crippen LogP contribution in [0.3, 0.4) is 0 Å². The lowest BCUT2D eigenvalue weighted by Gasteiger charge is -2.41. The second kappa shape index (κ2) is 10.6. The molecule has 32 heavy (non-hydrogen) atoms. The molecular weight excluding hydrogens is 406 g/mol. The fourth-order valence-electron chi connectivity index (χ4n) is 4.86. The van der Waals surface area contributed by atoms with Gasteiger partial charge in [-0.2, -0.15) is 0 Å². The summed E-state index contributed by atoms with van der Waals surface area (Å²) in [5.41, 5.74) is 0.659. The van der Waals surface area contributed by atoms with Gasteiger partial charge in [0.15, 0.2) is 0 Å². The molecule has 1 saturated heterocycles. The minimum Gasteiger partial charge on any atom is -0.497 e. The summed E-state index contributed by atoms with van der Waals surface area (Å²) >= 11 is 0. The number of rotatable bonds is 7. The van der Waals surface area contributed by atoms with E-state index in [-0.39, 0.29) is 23.3 Å². The second-order valence-electron chi connectivity index (χ2n) is 10.2. The van der Waals surface area contributed by atoms with Crippen molar-refractivity contribution >= 4 is 17.5 Å². The molecule has 0 spiro atoms. The summed E-state index contributed by atoms with van der Waals surface area (Å²) < 4.78 is 10.7. The molecule has 2 fully saturated rings. The zero-order chi connectivity index (χ0) is 23.3. The zero-order valence-electron chi connectivity index (χ0n) is 20.3. The van der Waals surface area contributed by atoms with Crippen LogP contribution < -0.4 is 14.8 Å². The van der Waals surface area contributed by atoms with Crippen LogP contribution in [0.5, 0.6) is 11.5 Å². The summed E-state index contributed by atoms with van der Waals surface area (Å²) in [7, 11) is 3.20. The Bertz CT molecular complexity index is 769. The lowest BCUT2D eigenvalue weighted by atomic mass is 9.91. The molecule has 0 unspecified atom stereocenters.